The molecule has 4 aromatic rings. The molecule has 0 saturated heterocycles. The maximum Gasteiger partial charge on any atom is 0.258 e. The third kappa shape index (κ3) is 15.8. The second-order valence-electron chi connectivity index (χ2n) is 19.1. The average molecular weight is 945 g/mol. The van der Waals surface area contributed by atoms with Gasteiger partial charge in [0, 0.05) is 0 Å². The van der Waals surface area contributed by atoms with Gasteiger partial charge in [-0.2, -0.15) is 0 Å². The van der Waals surface area contributed by atoms with Crippen LogP contribution in [0.5, 0.6) is 0 Å². The van der Waals surface area contributed by atoms with Crippen LogP contribution in [0, 0.1) is 0 Å². The summed E-state index contributed by atoms with van der Waals surface area (Å²) in [7, 11) is -10.4. The molecule has 0 aliphatic rings. The molecule has 8 heteroatoms. The topological polar surface area (TPSA) is 88.5 Å². The van der Waals surface area contributed by atoms with Crippen LogP contribution in [0.1, 0.15) is 127 Å². The summed E-state index contributed by atoms with van der Waals surface area (Å²) in [5.41, 5.74) is 6.59. The normalized spacial score (nSPS) is 14.8. The van der Waals surface area contributed by atoms with Crippen molar-refractivity contribution in [3.8, 4) is 0 Å². The van der Waals surface area contributed by atoms with Crippen molar-refractivity contribution in [1.82, 2.24) is 0 Å². The summed E-state index contributed by atoms with van der Waals surface area (Å²) >= 11 is 0. The maximum absolute atomic E-state index is 14.2. The lowest BCUT2D eigenvalue weighted by molar-refractivity contribution is 0.468. The number of hydrogen-bond acceptors (Lipinski definition) is 5. The van der Waals surface area contributed by atoms with Gasteiger partial charge in [-0.15, -0.1) is 0 Å². The van der Waals surface area contributed by atoms with Crippen molar-refractivity contribution in [2.24, 2.45) is 0 Å². The summed E-state index contributed by atoms with van der Waals surface area (Å²) in [5.74, 6) is 0. The van der Waals surface area contributed by atoms with Crippen LogP contribution in [0.3, 0.4) is 0 Å². The van der Waals surface area contributed by atoms with Gasteiger partial charge in [-0.05, 0) is 152 Å². The van der Waals surface area contributed by atoms with Crippen molar-refractivity contribution in [3.05, 3.63) is 191 Å². The van der Waals surface area contributed by atoms with Gasteiger partial charge in [-0.1, -0.05) is 181 Å². The van der Waals surface area contributed by atoms with Crippen LogP contribution in [0.4, 0.5) is 0 Å². The van der Waals surface area contributed by atoms with E-state index in [-0.39, 0.29) is 5.04 Å². The predicted molar refractivity (Wildman–Crippen MR) is 283 cm³/mol. The molecule has 0 heterocycles. The highest BCUT2D eigenvalue weighted by Crippen LogP contribution is 2.40. The van der Waals surface area contributed by atoms with Gasteiger partial charge in [0.1, 0.15) is 0 Å². The quantitative estimate of drug-likeness (QED) is 0.0528. The molecule has 0 bridgehead atoms. The highest BCUT2D eigenvalue weighted by molar-refractivity contribution is 7.92. The van der Waals surface area contributed by atoms with Gasteiger partial charge < -0.3 is 4.80 Å². The zero-order chi connectivity index (χ0) is 48.4. The van der Waals surface area contributed by atoms with E-state index in [4.69, 9.17) is 0 Å². The summed E-state index contributed by atoms with van der Waals surface area (Å²) in [5, 5.41) is 0.315. The van der Waals surface area contributed by atoms with E-state index in [0.29, 0.717) is 35.5 Å². The summed E-state index contributed by atoms with van der Waals surface area (Å²) in [6, 6.07) is 37.7. The lowest BCUT2D eigenvalue weighted by Gasteiger charge is -2.41. The van der Waals surface area contributed by atoms with E-state index in [1.165, 1.54) is 11.1 Å². The SMILES string of the molecule is CC(C)=CCC/C(C)=C/C(C/C(C)=C\CC/C(C)=C\C(C/C(C)=C\CC/C(C)=C\CCC(C)(C)[Si](O)(c1ccccc1)c1ccccc1)S(=O)(=O)c1ccccc1)S(=O)(=O)c1ccccc1. The summed E-state index contributed by atoms with van der Waals surface area (Å²) in [6.45, 7) is 18.7. The van der Waals surface area contributed by atoms with E-state index in [0.717, 1.165) is 71.2 Å². The first-order valence-electron chi connectivity index (χ1n) is 23.6. The molecule has 0 radical (unpaired) electrons. The molecule has 4 rings (SSSR count). The van der Waals surface area contributed by atoms with Gasteiger partial charge in [0.15, 0.2) is 19.7 Å². The monoisotopic (exact) mass is 944 g/mol. The minimum Gasteiger partial charge on any atom is -0.424 e. The van der Waals surface area contributed by atoms with Crippen molar-refractivity contribution < 1.29 is 21.6 Å². The molecule has 0 aliphatic heterocycles. The van der Waals surface area contributed by atoms with E-state index in [1.807, 2.05) is 88.4 Å². The molecule has 0 aliphatic carbocycles. The molecule has 1 N–H and O–H groups in total. The number of allylic oxidation sites excluding steroid dienone is 10. The number of benzene rings is 4. The molecule has 0 fully saturated rings. The zero-order valence-electron chi connectivity index (χ0n) is 41.1. The first-order chi connectivity index (χ1) is 31.3. The van der Waals surface area contributed by atoms with E-state index >= 15 is 0 Å². The summed E-state index contributed by atoms with van der Waals surface area (Å²) < 4.78 is 56.1. The van der Waals surface area contributed by atoms with Crippen molar-refractivity contribution >= 4 is 38.4 Å². The highest BCUT2D eigenvalue weighted by atomic mass is 32.2. The lowest BCUT2D eigenvalue weighted by atomic mass is 10.0. The minimum absolute atomic E-state index is 0.314. The van der Waals surface area contributed by atoms with Crippen LogP contribution in [0.15, 0.2) is 201 Å². The third-order valence-corrected chi connectivity index (χ3v) is 21.3. The molecule has 2 atom stereocenters. The Morgan fingerprint density at radius 3 is 1.20 bits per heavy atom. The van der Waals surface area contributed by atoms with E-state index < -0.39 is 38.5 Å². The molecule has 66 heavy (non-hydrogen) atoms. The van der Waals surface area contributed by atoms with Gasteiger partial charge in [-0.3, -0.25) is 0 Å². The Morgan fingerprint density at radius 1 is 0.485 bits per heavy atom. The van der Waals surface area contributed by atoms with Crippen molar-refractivity contribution in [2.75, 3.05) is 0 Å². The number of sulfone groups is 2. The van der Waals surface area contributed by atoms with Gasteiger partial charge in [0.2, 0.25) is 0 Å². The van der Waals surface area contributed by atoms with E-state index in [9.17, 15) is 21.6 Å². The van der Waals surface area contributed by atoms with Crippen LogP contribution in [0.25, 0.3) is 0 Å². The largest absolute Gasteiger partial charge is 0.424 e. The lowest BCUT2D eigenvalue weighted by Crippen LogP contribution is -2.65. The molecule has 5 nitrogen and oxygen atoms in total. The van der Waals surface area contributed by atoms with Crippen molar-refractivity contribution in [3.63, 3.8) is 0 Å². The van der Waals surface area contributed by atoms with Crippen molar-refractivity contribution in [1.29, 1.82) is 0 Å². The molecular formula is C58H76O5S2Si. The Morgan fingerprint density at radius 2 is 0.818 bits per heavy atom. The molecule has 4 aromatic carbocycles. The van der Waals surface area contributed by atoms with Crippen LogP contribution in [0.2, 0.25) is 5.04 Å². The minimum atomic E-state index is -3.67. The first kappa shape index (κ1) is 54.0. The Bertz CT molecular complexity index is 2510. The predicted octanol–water partition coefficient (Wildman–Crippen LogP) is 13.8. The van der Waals surface area contributed by atoms with Crippen LogP contribution < -0.4 is 10.4 Å². The Balaban J connectivity index is 1.44. The summed E-state index contributed by atoms with van der Waals surface area (Å²) in [4.78, 5) is 13.2. The van der Waals surface area contributed by atoms with Crippen LogP contribution >= 0.6 is 0 Å². The average Bonchev–Trinajstić information content (AvgIpc) is 3.29. The second kappa shape index (κ2) is 25.5. The maximum atomic E-state index is 14.2. The van der Waals surface area contributed by atoms with Crippen molar-refractivity contribution in [2.45, 2.75) is 152 Å². The zero-order valence-corrected chi connectivity index (χ0v) is 43.8. The van der Waals surface area contributed by atoms with Gasteiger partial charge in [0.25, 0.3) is 8.32 Å². The van der Waals surface area contributed by atoms with Gasteiger partial charge in [0.05, 0.1) is 20.3 Å². The highest BCUT2D eigenvalue weighted by Gasteiger charge is 2.49. The third-order valence-electron chi connectivity index (χ3n) is 12.7. The van der Waals surface area contributed by atoms with Gasteiger partial charge >= 0.3 is 0 Å². The van der Waals surface area contributed by atoms with Gasteiger partial charge in [-0.25, -0.2) is 16.8 Å². The number of hydrogen-bond donors (Lipinski definition) is 1. The fraction of sp³-hybridized carbons (Fsp3) is 0.379. The Labute approximate surface area is 400 Å². The van der Waals surface area contributed by atoms with E-state index in [2.05, 4.69) is 83.2 Å². The number of rotatable bonds is 25. The Kier molecular flexibility index (Phi) is 20.9. The molecule has 0 saturated carbocycles. The van der Waals surface area contributed by atoms with Crippen LogP contribution in [-0.2, 0) is 19.7 Å². The second-order valence-corrected chi connectivity index (χ2v) is 27.4. The molecule has 0 amide bonds. The standard InChI is InChI=1S/C58H76O5S2Si/c1-46(2)26-22-28-48(4)42-54(64(59,60)52-33-14-10-15-34-52)44-50(6)30-24-31-51(7)45-55(65(61,62)53-35-16-11-17-36-53)43-49(5)29-23-27-47(3)32-25-41-58(8,9)66(63,56-37-18-12-19-38-56)57-39-20-13-21-40-57/h10-21,26,29-30,32-40,42,45,54-55,63H,22-25,27-28,31,41,43-44H2,1-9H3/b47-32-,48-42+,49-29-,50-30-,51-45-. The van der Waals surface area contributed by atoms with E-state index in [1.54, 1.807) is 48.5 Å². The Hall–Kier alpha value is -4.60. The summed E-state index contributed by atoms with van der Waals surface area (Å²) in [6.07, 6.45) is 19.8. The first-order valence-corrected chi connectivity index (χ1v) is 28.7. The fourth-order valence-electron chi connectivity index (χ4n) is 8.64. The fourth-order valence-corrected chi connectivity index (χ4v) is 16.0. The molecule has 2 unspecified atom stereocenters. The molecule has 0 spiro atoms. The smallest absolute Gasteiger partial charge is 0.258 e. The molecule has 0 aromatic heterocycles. The molecular weight excluding hydrogens is 869 g/mol. The van der Waals surface area contributed by atoms with Crippen LogP contribution in [-0.4, -0.2) is 40.4 Å². The molecule has 354 valence electrons.